The molecule has 0 rings (SSSR count). The maximum Gasteiger partial charge on any atom is 0.186 e. The van der Waals surface area contributed by atoms with Crippen molar-refractivity contribution in [2.45, 2.75) is 56.7 Å². The number of rotatable bonds is 11. The van der Waals surface area contributed by atoms with E-state index in [1.807, 2.05) is 7.11 Å². The van der Waals surface area contributed by atoms with Crippen molar-refractivity contribution in [1.82, 2.24) is 9.80 Å². The van der Waals surface area contributed by atoms with Gasteiger partial charge in [0, 0.05) is 12.9 Å². The fraction of sp³-hybridized carbons (Fsp3) is 1.00. The summed E-state index contributed by atoms with van der Waals surface area (Å²) < 4.78 is 5.58. The molecule has 0 spiro atoms. The monoisotopic (exact) mass is 304 g/mol. The van der Waals surface area contributed by atoms with Crippen molar-refractivity contribution in [2.24, 2.45) is 0 Å². The van der Waals surface area contributed by atoms with Gasteiger partial charge in [-0.3, -0.25) is 9.80 Å². The van der Waals surface area contributed by atoms with Crippen LogP contribution >= 0.6 is 0 Å². The summed E-state index contributed by atoms with van der Waals surface area (Å²) in [7, 11) is 9.39. The molecule has 0 aliphatic carbocycles. The van der Waals surface area contributed by atoms with Crippen LogP contribution < -0.4 is 0 Å². The van der Waals surface area contributed by atoms with Crippen molar-refractivity contribution in [3.63, 3.8) is 0 Å². The fourth-order valence-corrected chi connectivity index (χ4v) is 5.83. The lowest BCUT2D eigenvalue weighted by molar-refractivity contribution is 0.200. The molecule has 0 atom stereocenters. The summed E-state index contributed by atoms with van der Waals surface area (Å²) in [6, 6.07) is 2.80. The summed E-state index contributed by atoms with van der Waals surface area (Å²) in [5.74, 6) is 0.722. The predicted octanol–water partition coefficient (Wildman–Crippen LogP) is 2.39. The summed E-state index contributed by atoms with van der Waals surface area (Å²) in [4.78, 5) is 4.75. The lowest BCUT2D eigenvalue weighted by Gasteiger charge is -2.30. The molecule has 116 valence electrons. The van der Waals surface area contributed by atoms with Crippen molar-refractivity contribution in [1.29, 1.82) is 0 Å². The second kappa shape index (κ2) is 10.1. The molecule has 0 aromatic carbocycles. The Morgan fingerprint density at radius 1 is 0.947 bits per heavy atom. The van der Waals surface area contributed by atoms with Gasteiger partial charge in [-0.2, -0.15) is 0 Å². The van der Waals surface area contributed by atoms with E-state index in [2.05, 4.69) is 51.1 Å². The van der Waals surface area contributed by atoms with E-state index in [1.165, 1.54) is 37.8 Å². The molecular formula is C14H36N2OSi2. The Hall–Kier alpha value is 0.314. The highest BCUT2D eigenvalue weighted by Crippen LogP contribution is 2.16. The Labute approximate surface area is 124 Å². The van der Waals surface area contributed by atoms with Crippen LogP contribution in [0.25, 0.3) is 0 Å². The fourth-order valence-electron chi connectivity index (χ4n) is 2.49. The SMILES string of the molecule is CO[Si](C)(C)CCCCCC[SiH2]C(N(C)C)N(C)C. The molecule has 19 heavy (non-hydrogen) atoms. The molecule has 0 unspecified atom stereocenters. The highest BCUT2D eigenvalue weighted by molar-refractivity contribution is 6.71. The minimum Gasteiger partial charge on any atom is -0.420 e. The molecule has 0 N–H and O–H groups in total. The van der Waals surface area contributed by atoms with Crippen LogP contribution in [0.5, 0.6) is 0 Å². The molecule has 0 saturated carbocycles. The van der Waals surface area contributed by atoms with Crippen molar-refractivity contribution in [2.75, 3.05) is 35.3 Å². The van der Waals surface area contributed by atoms with Gasteiger partial charge in [-0.1, -0.05) is 31.7 Å². The number of nitrogens with zero attached hydrogens (tertiary/aromatic N) is 2. The molecule has 5 heteroatoms. The van der Waals surface area contributed by atoms with Gasteiger partial charge in [0.05, 0.1) is 9.52 Å². The first-order chi connectivity index (χ1) is 8.80. The van der Waals surface area contributed by atoms with Crippen LogP contribution in [-0.4, -0.2) is 68.7 Å². The molecule has 0 aliphatic heterocycles. The van der Waals surface area contributed by atoms with E-state index in [4.69, 9.17) is 4.43 Å². The zero-order chi connectivity index (χ0) is 14.9. The quantitative estimate of drug-likeness (QED) is 0.331. The molecule has 0 fully saturated rings. The molecule has 0 aliphatic rings. The molecule has 0 heterocycles. The van der Waals surface area contributed by atoms with Gasteiger partial charge in [-0.05, 0) is 47.3 Å². The van der Waals surface area contributed by atoms with E-state index < -0.39 is 8.32 Å². The largest absolute Gasteiger partial charge is 0.420 e. The third kappa shape index (κ3) is 9.79. The van der Waals surface area contributed by atoms with Crippen LogP contribution in [0, 0.1) is 0 Å². The lowest BCUT2D eigenvalue weighted by atomic mass is 10.2. The van der Waals surface area contributed by atoms with Crippen LogP contribution in [0.1, 0.15) is 25.7 Å². The first kappa shape index (κ1) is 19.3. The summed E-state index contributed by atoms with van der Waals surface area (Å²) in [6.07, 6.45) is 5.59. The molecule has 0 amide bonds. The Kier molecular flexibility index (Phi) is 10.3. The van der Waals surface area contributed by atoms with Gasteiger partial charge in [-0.25, -0.2) is 0 Å². The number of hydrogen-bond donors (Lipinski definition) is 0. The van der Waals surface area contributed by atoms with Crippen LogP contribution in [-0.2, 0) is 4.43 Å². The third-order valence-corrected chi connectivity index (χ3v) is 9.53. The molecule has 0 aromatic heterocycles. The van der Waals surface area contributed by atoms with E-state index >= 15 is 0 Å². The van der Waals surface area contributed by atoms with Crippen molar-refractivity contribution in [3.05, 3.63) is 0 Å². The zero-order valence-corrected chi connectivity index (χ0v) is 16.7. The maximum atomic E-state index is 5.58. The minimum absolute atomic E-state index is 0.000171. The normalized spacial score (nSPS) is 13.6. The Morgan fingerprint density at radius 3 is 1.95 bits per heavy atom. The highest BCUT2D eigenvalue weighted by Gasteiger charge is 2.19. The zero-order valence-electron chi connectivity index (χ0n) is 14.3. The van der Waals surface area contributed by atoms with Crippen LogP contribution in [0.15, 0.2) is 0 Å². The number of unbranched alkanes of at least 4 members (excludes halogenated alkanes) is 3. The van der Waals surface area contributed by atoms with Gasteiger partial charge >= 0.3 is 0 Å². The Bertz CT molecular complexity index is 215. The average molecular weight is 305 g/mol. The second-order valence-electron chi connectivity index (χ2n) is 6.68. The average Bonchev–Trinajstić information content (AvgIpc) is 2.31. The third-order valence-electron chi connectivity index (χ3n) is 3.99. The molecule has 0 aromatic rings. The van der Waals surface area contributed by atoms with Crippen molar-refractivity contribution < 1.29 is 4.43 Å². The molecule has 3 nitrogen and oxygen atoms in total. The van der Waals surface area contributed by atoms with Gasteiger partial charge in [-0.15, -0.1) is 0 Å². The first-order valence-electron chi connectivity index (χ1n) is 7.68. The predicted molar refractivity (Wildman–Crippen MR) is 92.3 cm³/mol. The minimum atomic E-state index is -1.30. The molecule has 0 saturated heterocycles. The van der Waals surface area contributed by atoms with E-state index in [0.29, 0.717) is 0 Å². The van der Waals surface area contributed by atoms with Crippen molar-refractivity contribution >= 4 is 17.8 Å². The summed E-state index contributed by atoms with van der Waals surface area (Å²) >= 11 is 0. The number of hydrogen-bond acceptors (Lipinski definition) is 3. The van der Waals surface area contributed by atoms with Gasteiger partial charge in [0.1, 0.15) is 0 Å². The Balaban J connectivity index is 3.55. The van der Waals surface area contributed by atoms with Gasteiger partial charge < -0.3 is 4.43 Å². The summed E-state index contributed by atoms with van der Waals surface area (Å²) in [5.41, 5.74) is 0. The maximum absolute atomic E-state index is 5.58. The summed E-state index contributed by atoms with van der Waals surface area (Å²) in [5, 5.41) is 0. The van der Waals surface area contributed by atoms with E-state index in [1.54, 1.807) is 0 Å². The smallest absolute Gasteiger partial charge is 0.186 e. The van der Waals surface area contributed by atoms with Crippen LogP contribution in [0.4, 0.5) is 0 Å². The van der Waals surface area contributed by atoms with E-state index in [9.17, 15) is 0 Å². The van der Waals surface area contributed by atoms with E-state index in [-0.39, 0.29) is 9.52 Å². The van der Waals surface area contributed by atoms with Gasteiger partial charge in [0.25, 0.3) is 0 Å². The molecule has 0 radical (unpaired) electrons. The lowest BCUT2D eigenvalue weighted by Crippen LogP contribution is -2.44. The van der Waals surface area contributed by atoms with Gasteiger partial charge in [0.2, 0.25) is 0 Å². The highest BCUT2D eigenvalue weighted by atomic mass is 28.4. The summed E-state index contributed by atoms with van der Waals surface area (Å²) in [6.45, 7) is 4.64. The second-order valence-corrected chi connectivity index (χ2v) is 13.1. The standard InChI is InChI=1S/C14H36N2OSi2/c1-15(2)14(16(3)4)18-12-10-8-9-11-13-19(6,7)17-5/h14H,8-13,18H2,1-7H3. The van der Waals surface area contributed by atoms with Crippen LogP contribution in [0.3, 0.4) is 0 Å². The van der Waals surface area contributed by atoms with E-state index in [0.717, 1.165) is 5.79 Å². The Morgan fingerprint density at radius 2 is 1.47 bits per heavy atom. The molecule has 0 bridgehead atoms. The van der Waals surface area contributed by atoms with Gasteiger partial charge in [0.15, 0.2) is 8.32 Å². The van der Waals surface area contributed by atoms with Crippen LogP contribution in [0.2, 0.25) is 25.2 Å². The van der Waals surface area contributed by atoms with Crippen molar-refractivity contribution in [3.8, 4) is 0 Å². The topological polar surface area (TPSA) is 15.7 Å². The molecular weight excluding hydrogens is 268 g/mol. The first-order valence-corrected chi connectivity index (χ1v) is 12.6.